The Morgan fingerprint density at radius 2 is 1.29 bits per heavy atom. The third kappa shape index (κ3) is 5.38. The van der Waals surface area contributed by atoms with Gasteiger partial charge >= 0.3 is 0 Å². The molecule has 0 aliphatic rings. The first-order chi connectivity index (χ1) is 8.36. The van der Waals surface area contributed by atoms with Crippen LogP contribution in [0.4, 0.5) is 0 Å². The van der Waals surface area contributed by atoms with Crippen molar-refractivity contribution in [2.24, 2.45) is 0 Å². The van der Waals surface area contributed by atoms with Gasteiger partial charge in [0.15, 0.2) is 0 Å². The first-order valence-corrected chi connectivity index (χ1v) is 5.37. The Kier molecular flexibility index (Phi) is 5.97. The molecule has 0 aliphatic heterocycles. The molecule has 0 atom stereocenters. The molecule has 0 radical (unpaired) electrons. The van der Waals surface area contributed by atoms with Crippen molar-refractivity contribution in [3.05, 3.63) is 85.6 Å². The third-order valence-electron chi connectivity index (χ3n) is 2.00. The van der Waals surface area contributed by atoms with Gasteiger partial charge in [-0.15, -0.1) is 0 Å². The fraction of sp³-hybridized carbons (Fsp3) is 0. The van der Waals surface area contributed by atoms with Crippen molar-refractivity contribution < 1.29 is 4.74 Å². The fourth-order valence-electron chi connectivity index (χ4n) is 1.18. The average Bonchev–Trinajstić information content (AvgIpc) is 2.42. The summed E-state index contributed by atoms with van der Waals surface area (Å²) in [6.45, 7) is 7.06. The van der Waals surface area contributed by atoms with Gasteiger partial charge in [0.25, 0.3) is 0 Å². The van der Waals surface area contributed by atoms with Crippen molar-refractivity contribution in [3.63, 3.8) is 0 Å². The lowest BCUT2D eigenvalue weighted by Crippen LogP contribution is -1.76. The Balaban J connectivity index is 0.000000171. The Bertz CT molecular complexity index is 432. The quantitative estimate of drug-likeness (QED) is 0.695. The van der Waals surface area contributed by atoms with E-state index < -0.39 is 0 Å². The second-order valence-electron chi connectivity index (χ2n) is 3.21. The fourth-order valence-corrected chi connectivity index (χ4v) is 1.18. The van der Waals surface area contributed by atoms with E-state index in [0.29, 0.717) is 0 Å². The van der Waals surface area contributed by atoms with Crippen LogP contribution < -0.4 is 4.74 Å². The van der Waals surface area contributed by atoms with E-state index in [9.17, 15) is 0 Å². The van der Waals surface area contributed by atoms with E-state index in [1.165, 1.54) is 11.8 Å². The van der Waals surface area contributed by atoms with E-state index >= 15 is 0 Å². The maximum atomic E-state index is 4.97. The van der Waals surface area contributed by atoms with Crippen LogP contribution in [-0.2, 0) is 0 Å². The van der Waals surface area contributed by atoms with E-state index in [1.807, 2.05) is 66.7 Å². The highest BCUT2D eigenvalue weighted by Gasteiger charge is 1.82. The minimum atomic E-state index is 0.826. The van der Waals surface area contributed by atoms with Crippen LogP contribution in [0.15, 0.2) is 80.1 Å². The number of ether oxygens (including phenoxy) is 1. The summed E-state index contributed by atoms with van der Waals surface area (Å²) in [6, 6.07) is 19.6. The molecule has 86 valence electrons. The SMILES string of the molecule is C=COc1ccccc1.C=Cc1ccccc1. The average molecular weight is 224 g/mol. The summed E-state index contributed by atoms with van der Waals surface area (Å²) in [7, 11) is 0. The molecule has 0 aromatic heterocycles. The molecule has 17 heavy (non-hydrogen) atoms. The standard InChI is InChI=1S/C8H8O.C8H8/c1-2-9-8-6-4-3-5-7-8;1-2-8-6-4-3-5-7-8/h2-7H,1H2;2-7H,1H2. The molecule has 0 N–H and O–H groups in total. The number of hydrogen-bond acceptors (Lipinski definition) is 1. The lowest BCUT2D eigenvalue weighted by atomic mass is 10.2. The van der Waals surface area contributed by atoms with Crippen LogP contribution >= 0.6 is 0 Å². The van der Waals surface area contributed by atoms with E-state index in [-0.39, 0.29) is 0 Å². The Labute approximate surface area is 103 Å². The third-order valence-corrected chi connectivity index (χ3v) is 2.00. The molecule has 0 saturated heterocycles. The van der Waals surface area contributed by atoms with Gasteiger partial charge in [-0.1, -0.05) is 67.8 Å². The first-order valence-electron chi connectivity index (χ1n) is 5.37. The minimum absolute atomic E-state index is 0.826. The molecule has 0 saturated carbocycles. The van der Waals surface area contributed by atoms with Gasteiger partial charge in [-0.3, -0.25) is 0 Å². The monoisotopic (exact) mass is 224 g/mol. The molecular formula is C16H16O. The lowest BCUT2D eigenvalue weighted by Gasteiger charge is -1.95. The van der Waals surface area contributed by atoms with Gasteiger partial charge < -0.3 is 4.74 Å². The van der Waals surface area contributed by atoms with Crippen LogP contribution in [0.1, 0.15) is 5.56 Å². The van der Waals surface area contributed by atoms with Crippen LogP contribution in [0.25, 0.3) is 6.08 Å². The molecule has 2 rings (SSSR count). The van der Waals surface area contributed by atoms with Crippen molar-refractivity contribution >= 4 is 6.08 Å². The summed E-state index contributed by atoms with van der Waals surface area (Å²) in [5.74, 6) is 0.826. The normalized spacial score (nSPS) is 8.47. The van der Waals surface area contributed by atoms with Crippen LogP contribution in [0.2, 0.25) is 0 Å². The summed E-state index contributed by atoms with van der Waals surface area (Å²) in [5.41, 5.74) is 1.17. The van der Waals surface area contributed by atoms with Crippen molar-refractivity contribution in [1.82, 2.24) is 0 Å². The number of benzene rings is 2. The lowest BCUT2D eigenvalue weighted by molar-refractivity contribution is 0.483. The van der Waals surface area contributed by atoms with Gasteiger partial charge in [-0.25, -0.2) is 0 Å². The number of rotatable bonds is 3. The van der Waals surface area contributed by atoms with Crippen LogP contribution in [-0.4, -0.2) is 0 Å². The van der Waals surface area contributed by atoms with E-state index in [0.717, 1.165) is 5.75 Å². The molecule has 0 heterocycles. The zero-order chi connectivity index (χ0) is 12.3. The second kappa shape index (κ2) is 7.94. The topological polar surface area (TPSA) is 9.23 Å². The maximum absolute atomic E-state index is 4.97. The highest BCUT2D eigenvalue weighted by Crippen LogP contribution is 2.07. The predicted octanol–water partition coefficient (Wildman–Crippen LogP) is 4.54. The summed E-state index contributed by atoms with van der Waals surface area (Å²) in [6.07, 6.45) is 3.25. The molecule has 2 aromatic carbocycles. The molecule has 0 aliphatic carbocycles. The van der Waals surface area contributed by atoms with Gasteiger partial charge in [0.05, 0.1) is 6.26 Å². The highest BCUT2D eigenvalue weighted by atomic mass is 16.5. The molecule has 0 spiro atoms. The maximum Gasteiger partial charge on any atom is 0.126 e. The molecule has 1 heteroatoms. The molecule has 0 unspecified atom stereocenters. The van der Waals surface area contributed by atoms with Crippen LogP contribution in [0, 0.1) is 0 Å². The Morgan fingerprint density at radius 1 is 0.765 bits per heavy atom. The van der Waals surface area contributed by atoms with Crippen LogP contribution in [0.3, 0.4) is 0 Å². The second-order valence-corrected chi connectivity index (χ2v) is 3.21. The Morgan fingerprint density at radius 3 is 1.71 bits per heavy atom. The van der Waals surface area contributed by atoms with Crippen LogP contribution in [0.5, 0.6) is 5.75 Å². The number of hydrogen-bond donors (Lipinski definition) is 0. The number of para-hydroxylation sites is 1. The van der Waals surface area contributed by atoms with Crippen molar-refractivity contribution in [2.45, 2.75) is 0 Å². The minimum Gasteiger partial charge on any atom is -0.466 e. The molecule has 0 fully saturated rings. The molecule has 0 amide bonds. The molecular weight excluding hydrogens is 208 g/mol. The molecule has 0 bridgehead atoms. The summed E-state index contributed by atoms with van der Waals surface area (Å²) >= 11 is 0. The van der Waals surface area contributed by atoms with Crippen molar-refractivity contribution in [1.29, 1.82) is 0 Å². The zero-order valence-electron chi connectivity index (χ0n) is 9.75. The highest BCUT2D eigenvalue weighted by molar-refractivity contribution is 5.45. The van der Waals surface area contributed by atoms with Crippen molar-refractivity contribution in [3.8, 4) is 5.75 Å². The molecule has 1 nitrogen and oxygen atoms in total. The largest absolute Gasteiger partial charge is 0.466 e. The predicted molar refractivity (Wildman–Crippen MR) is 73.8 cm³/mol. The van der Waals surface area contributed by atoms with Gasteiger partial charge in [0, 0.05) is 0 Å². The van der Waals surface area contributed by atoms with Crippen molar-refractivity contribution in [2.75, 3.05) is 0 Å². The van der Waals surface area contributed by atoms with Gasteiger partial charge in [-0.2, -0.15) is 0 Å². The molecule has 2 aromatic rings. The smallest absolute Gasteiger partial charge is 0.126 e. The van der Waals surface area contributed by atoms with Gasteiger partial charge in [-0.05, 0) is 17.7 Å². The summed E-state index contributed by atoms with van der Waals surface area (Å²) in [4.78, 5) is 0. The summed E-state index contributed by atoms with van der Waals surface area (Å²) in [5, 5.41) is 0. The van der Waals surface area contributed by atoms with E-state index in [2.05, 4.69) is 13.2 Å². The summed E-state index contributed by atoms with van der Waals surface area (Å²) < 4.78 is 4.97. The zero-order valence-corrected chi connectivity index (χ0v) is 9.75. The van der Waals surface area contributed by atoms with E-state index in [1.54, 1.807) is 0 Å². The Hall–Kier alpha value is -2.28. The first kappa shape index (κ1) is 12.8. The van der Waals surface area contributed by atoms with Gasteiger partial charge in [0.1, 0.15) is 5.75 Å². The van der Waals surface area contributed by atoms with E-state index in [4.69, 9.17) is 4.74 Å². The van der Waals surface area contributed by atoms with Gasteiger partial charge in [0.2, 0.25) is 0 Å².